The first kappa shape index (κ1) is 16.1. The molecule has 0 aliphatic rings. The summed E-state index contributed by atoms with van der Waals surface area (Å²) in [4.78, 5) is 4.35. The number of aromatic nitrogens is 2. The van der Waals surface area contributed by atoms with E-state index in [0.717, 1.165) is 0 Å². The Morgan fingerprint density at radius 1 is 0.720 bits per heavy atom. The molecule has 0 atom stereocenters. The zero-order chi connectivity index (χ0) is 17.1. The van der Waals surface area contributed by atoms with Crippen LogP contribution in [0.3, 0.4) is 0 Å². The summed E-state index contributed by atoms with van der Waals surface area (Å²) in [6.07, 6.45) is 5.79. The summed E-state index contributed by atoms with van der Waals surface area (Å²) in [5.74, 6) is 0. The third-order valence-electron chi connectivity index (χ3n) is 4.52. The molecule has 0 bridgehead atoms. The highest BCUT2D eigenvalue weighted by Crippen LogP contribution is 2.40. The highest BCUT2D eigenvalue weighted by molar-refractivity contribution is 14.1. The molecule has 0 saturated carbocycles. The Morgan fingerprint density at radius 3 is 1.84 bits per heavy atom. The van der Waals surface area contributed by atoms with Crippen molar-refractivity contribution in [2.75, 3.05) is 0 Å². The maximum absolute atomic E-state index is 4.35. The predicted octanol–water partition coefficient (Wildman–Crippen LogP) is 5.33. The van der Waals surface area contributed by atoms with Crippen LogP contribution in [0.2, 0.25) is 0 Å². The molecule has 0 aliphatic carbocycles. The van der Waals surface area contributed by atoms with E-state index in [1.54, 1.807) is 0 Å². The third-order valence-corrected chi connectivity index (χ3v) is 5.19. The van der Waals surface area contributed by atoms with E-state index in [1.165, 1.54) is 20.3 Å². The smallest absolute Gasteiger partial charge is 0.121 e. The van der Waals surface area contributed by atoms with Crippen molar-refractivity contribution < 1.29 is 0 Å². The van der Waals surface area contributed by atoms with E-state index in [2.05, 4.69) is 117 Å². The second-order valence-corrected chi connectivity index (χ2v) is 7.17. The van der Waals surface area contributed by atoms with Crippen LogP contribution < -0.4 is 0 Å². The molecule has 0 N–H and O–H groups in total. The van der Waals surface area contributed by atoms with Crippen LogP contribution in [0.5, 0.6) is 0 Å². The number of imidazole rings is 1. The molecule has 0 amide bonds. The molecular formula is C22H17IN2. The van der Waals surface area contributed by atoms with Crippen molar-refractivity contribution in [3.8, 4) is 0 Å². The van der Waals surface area contributed by atoms with Crippen LogP contribution in [0, 0.1) is 3.57 Å². The lowest BCUT2D eigenvalue weighted by Crippen LogP contribution is -2.37. The molecule has 0 spiro atoms. The topological polar surface area (TPSA) is 17.8 Å². The first-order valence-electron chi connectivity index (χ1n) is 8.17. The summed E-state index contributed by atoms with van der Waals surface area (Å²) < 4.78 is 3.41. The van der Waals surface area contributed by atoms with Crippen molar-refractivity contribution in [2.24, 2.45) is 0 Å². The van der Waals surface area contributed by atoms with Crippen LogP contribution in [-0.2, 0) is 5.54 Å². The Labute approximate surface area is 161 Å². The SMILES string of the molecule is Ic1cccc(C(c2ccccc2)(c2ccccc2)n2ccnc2)c1. The highest BCUT2D eigenvalue weighted by Gasteiger charge is 2.38. The van der Waals surface area contributed by atoms with E-state index >= 15 is 0 Å². The van der Waals surface area contributed by atoms with Gasteiger partial charge in [-0.3, -0.25) is 0 Å². The molecular weight excluding hydrogens is 419 g/mol. The molecule has 4 aromatic rings. The maximum Gasteiger partial charge on any atom is 0.121 e. The second-order valence-electron chi connectivity index (χ2n) is 5.92. The quantitative estimate of drug-likeness (QED) is 0.313. The summed E-state index contributed by atoms with van der Waals surface area (Å²) in [7, 11) is 0. The Bertz CT molecular complexity index is 908. The van der Waals surface area contributed by atoms with E-state index in [0.29, 0.717) is 0 Å². The normalized spacial score (nSPS) is 11.4. The molecule has 0 saturated heterocycles. The Kier molecular flexibility index (Phi) is 4.40. The van der Waals surface area contributed by atoms with E-state index in [1.807, 2.05) is 18.7 Å². The summed E-state index contributed by atoms with van der Waals surface area (Å²) in [5.41, 5.74) is 3.18. The molecule has 3 heteroatoms. The zero-order valence-electron chi connectivity index (χ0n) is 13.6. The van der Waals surface area contributed by atoms with Gasteiger partial charge in [0.2, 0.25) is 0 Å². The average Bonchev–Trinajstić information content (AvgIpc) is 3.19. The fraction of sp³-hybridized carbons (Fsp3) is 0.0455. The summed E-state index contributed by atoms with van der Waals surface area (Å²) in [6, 6.07) is 29.9. The lowest BCUT2D eigenvalue weighted by atomic mass is 9.77. The maximum atomic E-state index is 4.35. The van der Waals surface area contributed by atoms with Gasteiger partial charge in [0.1, 0.15) is 5.54 Å². The molecule has 1 aromatic heterocycles. The first-order valence-corrected chi connectivity index (χ1v) is 9.25. The number of hydrogen-bond acceptors (Lipinski definition) is 1. The van der Waals surface area contributed by atoms with Crippen LogP contribution in [0.1, 0.15) is 16.7 Å². The summed E-state index contributed by atoms with van der Waals surface area (Å²) in [6.45, 7) is 0. The molecule has 1 heterocycles. The van der Waals surface area contributed by atoms with Crippen molar-refractivity contribution in [3.05, 3.63) is 124 Å². The summed E-state index contributed by atoms with van der Waals surface area (Å²) in [5, 5.41) is 0. The predicted molar refractivity (Wildman–Crippen MR) is 110 cm³/mol. The van der Waals surface area contributed by atoms with Crippen LogP contribution in [0.4, 0.5) is 0 Å². The lowest BCUT2D eigenvalue weighted by Gasteiger charge is -2.37. The van der Waals surface area contributed by atoms with Crippen LogP contribution in [0.15, 0.2) is 104 Å². The van der Waals surface area contributed by atoms with Crippen molar-refractivity contribution in [2.45, 2.75) is 5.54 Å². The summed E-state index contributed by atoms with van der Waals surface area (Å²) >= 11 is 2.38. The van der Waals surface area contributed by atoms with Gasteiger partial charge < -0.3 is 4.57 Å². The Hall–Kier alpha value is -2.40. The minimum Gasteiger partial charge on any atom is -0.319 e. The van der Waals surface area contributed by atoms with Crippen molar-refractivity contribution in [3.63, 3.8) is 0 Å². The minimum atomic E-state index is -0.458. The van der Waals surface area contributed by atoms with Gasteiger partial charge in [-0.1, -0.05) is 72.8 Å². The molecule has 4 rings (SSSR count). The third kappa shape index (κ3) is 2.78. The molecule has 3 aromatic carbocycles. The Balaban J connectivity index is 2.13. The van der Waals surface area contributed by atoms with Crippen LogP contribution in [0.25, 0.3) is 0 Å². The van der Waals surface area contributed by atoms with Gasteiger partial charge in [-0.25, -0.2) is 4.98 Å². The zero-order valence-corrected chi connectivity index (χ0v) is 15.7. The van der Waals surface area contributed by atoms with Gasteiger partial charge in [-0.15, -0.1) is 0 Å². The standard InChI is InChI=1S/C22H17IN2/c23-21-13-7-12-20(16-21)22(25-15-14-24-17-25,18-8-3-1-4-9-18)19-10-5-2-6-11-19/h1-17H. The lowest BCUT2D eigenvalue weighted by molar-refractivity contribution is 0.514. The van der Waals surface area contributed by atoms with Gasteiger partial charge in [0.25, 0.3) is 0 Å². The number of halogens is 1. The van der Waals surface area contributed by atoms with Crippen LogP contribution in [-0.4, -0.2) is 9.55 Å². The second kappa shape index (κ2) is 6.84. The van der Waals surface area contributed by atoms with E-state index in [9.17, 15) is 0 Å². The number of hydrogen-bond donors (Lipinski definition) is 0. The van der Waals surface area contributed by atoms with Gasteiger partial charge in [0, 0.05) is 16.0 Å². The molecule has 0 aliphatic heterocycles. The van der Waals surface area contributed by atoms with Gasteiger partial charge in [-0.2, -0.15) is 0 Å². The molecule has 0 fully saturated rings. The molecule has 0 radical (unpaired) electrons. The van der Waals surface area contributed by atoms with Gasteiger partial charge in [0.05, 0.1) is 6.33 Å². The monoisotopic (exact) mass is 436 g/mol. The van der Waals surface area contributed by atoms with Crippen molar-refractivity contribution in [1.82, 2.24) is 9.55 Å². The number of nitrogens with zero attached hydrogens (tertiary/aromatic N) is 2. The van der Waals surface area contributed by atoms with Gasteiger partial charge in [0.15, 0.2) is 0 Å². The van der Waals surface area contributed by atoms with Crippen LogP contribution >= 0.6 is 22.6 Å². The molecule has 122 valence electrons. The van der Waals surface area contributed by atoms with E-state index < -0.39 is 5.54 Å². The molecule has 0 unspecified atom stereocenters. The molecule has 25 heavy (non-hydrogen) atoms. The average molecular weight is 436 g/mol. The van der Waals surface area contributed by atoms with Gasteiger partial charge in [-0.05, 0) is 51.4 Å². The first-order chi connectivity index (χ1) is 12.3. The van der Waals surface area contributed by atoms with Crippen molar-refractivity contribution >= 4 is 22.6 Å². The Morgan fingerprint density at radius 2 is 1.32 bits per heavy atom. The fourth-order valence-corrected chi connectivity index (χ4v) is 4.02. The van der Waals surface area contributed by atoms with E-state index in [4.69, 9.17) is 0 Å². The number of benzene rings is 3. The van der Waals surface area contributed by atoms with E-state index in [-0.39, 0.29) is 0 Å². The van der Waals surface area contributed by atoms with Crippen molar-refractivity contribution in [1.29, 1.82) is 0 Å². The minimum absolute atomic E-state index is 0.458. The number of rotatable bonds is 4. The fourth-order valence-electron chi connectivity index (χ4n) is 3.48. The van der Waals surface area contributed by atoms with Gasteiger partial charge >= 0.3 is 0 Å². The highest BCUT2D eigenvalue weighted by atomic mass is 127. The largest absolute Gasteiger partial charge is 0.319 e. The molecule has 2 nitrogen and oxygen atoms in total.